The van der Waals surface area contributed by atoms with E-state index in [1.54, 1.807) is 7.11 Å². The molecule has 1 amide bonds. The van der Waals surface area contributed by atoms with E-state index in [1.165, 1.54) is 24.8 Å². The van der Waals surface area contributed by atoms with E-state index in [0.717, 1.165) is 18.8 Å². The Morgan fingerprint density at radius 3 is 2.52 bits per heavy atom. The smallest absolute Gasteiger partial charge is 0.234 e. The number of alkyl halides is 1. The molecule has 1 saturated heterocycles. The second-order valence-corrected chi connectivity index (χ2v) is 5.59. The summed E-state index contributed by atoms with van der Waals surface area (Å²) in [6.45, 7) is 2.75. The summed E-state index contributed by atoms with van der Waals surface area (Å²) in [5.74, 6) is 0.739. The van der Waals surface area contributed by atoms with Crippen LogP contribution in [0.25, 0.3) is 0 Å². The second-order valence-electron chi connectivity index (χ2n) is 5.32. The van der Waals surface area contributed by atoms with E-state index >= 15 is 0 Å². The largest absolute Gasteiger partial charge is 0.497 e. The van der Waals surface area contributed by atoms with Gasteiger partial charge < -0.3 is 10.1 Å². The first kappa shape index (κ1) is 16.1. The first-order valence-corrected chi connectivity index (χ1v) is 7.98. The monoisotopic (exact) mass is 310 g/mol. The van der Waals surface area contributed by atoms with Crippen molar-refractivity contribution in [1.29, 1.82) is 0 Å². The topological polar surface area (TPSA) is 41.6 Å². The van der Waals surface area contributed by atoms with Gasteiger partial charge >= 0.3 is 0 Å². The number of halogens is 1. The Hall–Kier alpha value is -1.26. The molecule has 116 valence electrons. The molecule has 2 rings (SSSR count). The summed E-state index contributed by atoms with van der Waals surface area (Å²) in [5.41, 5.74) is 1.20. The maximum atomic E-state index is 11.4. The van der Waals surface area contributed by atoms with Gasteiger partial charge in [0.1, 0.15) is 11.6 Å². The molecule has 0 unspecified atom stereocenters. The van der Waals surface area contributed by atoms with Crippen LogP contribution in [0.5, 0.6) is 5.75 Å². The summed E-state index contributed by atoms with van der Waals surface area (Å²) < 4.78 is 5.21. The number of methoxy groups -OCH3 is 1. The van der Waals surface area contributed by atoms with Crippen LogP contribution >= 0.6 is 11.6 Å². The Bertz CT molecular complexity index is 444. The van der Waals surface area contributed by atoms with Gasteiger partial charge in [-0.25, -0.2) is 0 Å². The van der Waals surface area contributed by atoms with Crippen molar-refractivity contribution in [3.8, 4) is 5.75 Å². The molecule has 1 aromatic rings. The molecule has 0 aliphatic carbocycles. The fourth-order valence-corrected chi connectivity index (χ4v) is 2.87. The Labute approximate surface area is 131 Å². The van der Waals surface area contributed by atoms with Crippen LogP contribution in [-0.4, -0.2) is 43.4 Å². The van der Waals surface area contributed by atoms with Gasteiger partial charge in [-0.15, -0.1) is 11.6 Å². The standard InChI is InChI=1S/C16H23ClN2O2/c1-21-14-7-5-13(6-8-14)15(12-18-16(20)11-17)19-9-3-2-4-10-19/h5-8,15H,2-4,9-12H2,1H3,(H,18,20)/t15-/m0/s1. The van der Waals surface area contributed by atoms with Gasteiger partial charge in [-0.1, -0.05) is 18.6 Å². The molecule has 1 N–H and O–H groups in total. The highest BCUT2D eigenvalue weighted by Gasteiger charge is 2.22. The third kappa shape index (κ3) is 4.61. The third-order valence-electron chi connectivity index (χ3n) is 3.95. The van der Waals surface area contributed by atoms with Gasteiger partial charge in [-0.2, -0.15) is 0 Å². The number of hydrogen-bond donors (Lipinski definition) is 1. The van der Waals surface area contributed by atoms with Gasteiger partial charge in [0.2, 0.25) is 5.91 Å². The number of carbonyl (C=O) groups is 1. The summed E-state index contributed by atoms with van der Waals surface area (Å²) in [7, 11) is 1.66. The van der Waals surface area contributed by atoms with Crippen LogP contribution in [0, 0.1) is 0 Å². The summed E-state index contributed by atoms with van der Waals surface area (Å²) in [4.78, 5) is 13.9. The molecule has 1 aliphatic rings. The van der Waals surface area contributed by atoms with Crippen molar-refractivity contribution in [2.45, 2.75) is 25.3 Å². The first-order chi connectivity index (χ1) is 10.2. The molecule has 0 aromatic heterocycles. The summed E-state index contributed by atoms with van der Waals surface area (Å²) in [5, 5.41) is 2.91. The van der Waals surface area contributed by atoms with E-state index in [2.05, 4.69) is 22.3 Å². The van der Waals surface area contributed by atoms with E-state index in [4.69, 9.17) is 16.3 Å². The van der Waals surface area contributed by atoms with Crippen LogP contribution in [0.2, 0.25) is 0 Å². The van der Waals surface area contributed by atoms with Gasteiger partial charge in [0, 0.05) is 6.54 Å². The van der Waals surface area contributed by atoms with Gasteiger partial charge in [0.25, 0.3) is 0 Å². The Kier molecular flexibility index (Phi) is 6.33. The zero-order valence-corrected chi connectivity index (χ0v) is 13.2. The normalized spacial score (nSPS) is 17.2. The van der Waals surface area contributed by atoms with Crippen molar-refractivity contribution in [3.63, 3.8) is 0 Å². The zero-order chi connectivity index (χ0) is 15.1. The second kappa shape index (κ2) is 8.25. The average molecular weight is 311 g/mol. The van der Waals surface area contributed by atoms with E-state index in [-0.39, 0.29) is 17.8 Å². The van der Waals surface area contributed by atoms with Gasteiger partial charge in [0.15, 0.2) is 0 Å². The molecule has 0 radical (unpaired) electrons. The van der Waals surface area contributed by atoms with E-state index in [0.29, 0.717) is 6.54 Å². The van der Waals surface area contributed by atoms with Crippen LogP contribution < -0.4 is 10.1 Å². The Morgan fingerprint density at radius 2 is 1.95 bits per heavy atom. The third-order valence-corrected chi connectivity index (χ3v) is 4.19. The Balaban J connectivity index is 2.10. The van der Waals surface area contributed by atoms with Crippen LogP contribution in [0.1, 0.15) is 30.9 Å². The van der Waals surface area contributed by atoms with Crippen molar-refractivity contribution in [3.05, 3.63) is 29.8 Å². The summed E-state index contributed by atoms with van der Waals surface area (Å²) in [6, 6.07) is 8.28. The molecule has 1 aliphatic heterocycles. The molecule has 0 saturated carbocycles. The highest BCUT2D eigenvalue weighted by Crippen LogP contribution is 2.25. The fraction of sp³-hybridized carbons (Fsp3) is 0.562. The van der Waals surface area contributed by atoms with Crippen molar-refractivity contribution < 1.29 is 9.53 Å². The van der Waals surface area contributed by atoms with Crippen molar-refractivity contribution in [1.82, 2.24) is 10.2 Å². The first-order valence-electron chi connectivity index (χ1n) is 7.45. The van der Waals surface area contributed by atoms with Crippen LogP contribution in [0.4, 0.5) is 0 Å². The fourth-order valence-electron chi connectivity index (χ4n) is 2.77. The number of hydrogen-bond acceptors (Lipinski definition) is 3. The number of likely N-dealkylation sites (tertiary alicyclic amines) is 1. The highest BCUT2D eigenvalue weighted by molar-refractivity contribution is 6.27. The molecule has 4 nitrogen and oxygen atoms in total. The van der Waals surface area contributed by atoms with E-state index in [1.807, 2.05) is 12.1 Å². The Morgan fingerprint density at radius 1 is 1.29 bits per heavy atom. The van der Waals surface area contributed by atoms with Gasteiger partial charge in [-0.3, -0.25) is 9.69 Å². The molecule has 1 fully saturated rings. The lowest BCUT2D eigenvalue weighted by molar-refractivity contribution is -0.118. The molecule has 0 spiro atoms. The van der Waals surface area contributed by atoms with Crippen molar-refractivity contribution in [2.24, 2.45) is 0 Å². The molecule has 1 atom stereocenters. The predicted octanol–water partition coefficient (Wildman–Crippen LogP) is 2.58. The molecular weight excluding hydrogens is 288 g/mol. The lowest BCUT2D eigenvalue weighted by atomic mass is 10.0. The van der Waals surface area contributed by atoms with Crippen LogP contribution in [0.3, 0.4) is 0 Å². The lowest BCUT2D eigenvalue weighted by Gasteiger charge is -2.35. The lowest BCUT2D eigenvalue weighted by Crippen LogP contribution is -2.40. The summed E-state index contributed by atoms with van der Waals surface area (Å²) in [6.07, 6.45) is 3.73. The summed E-state index contributed by atoms with van der Waals surface area (Å²) >= 11 is 5.56. The molecular formula is C16H23ClN2O2. The van der Waals surface area contributed by atoms with Crippen LogP contribution in [0.15, 0.2) is 24.3 Å². The minimum Gasteiger partial charge on any atom is -0.497 e. The predicted molar refractivity (Wildman–Crippen MR) is 84.9 cm³/mol. The molecule has 5 heteroatoms. The van der Waals surface area contributed by atoms with Crippen molar-refractivity contribution >= 4 is 17.5 Å². The zero-order valence-electron chi connectivity index (χ0n) is 12.5. The minimum absolute atomic E-state index is 0.00926. The number of nitrogens with zero attached hydrogens (tertiary/aromatic N) is 1. The quantitative estimate of drug-likeness (QED) is 0.821. The molecule has 0 bridgehead atoms. The van der Waals surface area contributed by atoms with E-state index in [9.17, 15) is 4.79 Å². The average Bonchev–Trinajstić information content (AvgIpc) is 2.56. The van der Waals surface area contributed by atoms with Gasteiger partial charge in [-0.05, 0) is 43.6 Å². The number of nitrogens with one attached hydrogen (secondary N) is 1. The maximum absolute atomic E-state index is 11.4. The highest BCUT2D eigenvalue weighted by atomic mass is 35.5. The number of benzene rings is 1. The maximum Gasteiger partial charge on any atom is 0.234 e. The number of piperidine rings is 1. The molecule has 1 heterocycles. The SMILES string of the molecule is COc1ccc([C@H](CNC(=O)CCl)N2CCCCC2)cc1. The molecule has 1 aromatic carbocycles. The molecule has 21 heavy (non-hydrogen) atoms. The van der Waals surface area contributed by atoms with Crippen LogP contribution in [-0.2, 0) is 4.79 Å². The number of carbonyl (C=O) groups excluding carboxylic acids is 1. The number of ether oxygens (including phenoxy) is 1. The number of rotatable bonds is 6. The van der Waals surface area contributed by atoms with Gasteiger partial charge in [0.05, 0.1) is 13.2 Å². The van der Waals surface area contributed by atoms with E-state index < -0.39 is 0 Å². The minimum atomic E-state index is -0.118. The number of amides is 1. The van der Waals surface area contributed by atoms with Crippen molar-refractivity contribution in [2.75, 3.05) is 32.6 Å².